The summed E-state index contributed by atoms with van der Waals surface area (Å²) < 4.78 is 1.60. The average molecular weight is 371 g/mol. The standard InChI is InChI=1S/C12H9Br2N3O/c1-7-9(13)3-5-11(16-7)17-12(18)8-2-4-10(14)15-6-8/h2-6H,1H3,(H,16,17,18). The summed E-state index contributed by atoms with van der Waals surface area (Å²) in [7, 11) is 0. The van der Waals surface area contributed by atoms with Crippen molar-refractivity contribution in [3.8, 4) is 0 Å². The zero-order chi connectivity index (χ0) is 13.1. The Balaban J connectivity index is 2.16. The van der Waals surface area contributed by atoms with Gasteiger partial charge in [-0.25, -0.2) is 9.97 Å². The fourth-order valence-corrected chi connectivity index (χ4v) is 1.77. The van der Waals surface area contributed by atoms with Gasteiger partial charge in [0, 0.05) is 10.7 Å². The normalized spacial score (nSPS) is 10.2. The van der Waals surface area contributed by atoms with Crippen LogP contribution in [-0.4, -0.2) is 15.9 Å². The van der Waals surface area contributed by atoms with Gasteiger partial charge in [-0.1, -0.05) is 0 Å². The third kappa shape index (κ3) is 3.14. The number of amides is 1. The van der Waals surface area contributed by atoms with E-state index in [1.165, 1.54) is 6.20 Å². The van der Waals surface area contributed by atoms with Crippen LogP contribution in [-0.2, 0) is 0 Å². The molecule has 0 aliphatic heterocycles. The monoisotopic (exact) mass is 369 g/mol. The van der Waals surface area contributed by atoms with Crippen LogP contribution in [0.3, 0.4) is 0 Å². The number of aromatic nitrogens is 2. The third-order valence-corrected chi connectivity index (χ3v) is 3.56. The third-order valence-electron chi connectivity index (χ3n) is 2.25. The van der Waals surface area contributed by atoms with E-state index >= 15 is 0 Å². The van der Waals surface area contributed by atoms with Gasteiger partial charge in [-0.05, 0) is 63.0 Å². The second-order valence-electron chi connectivity index (χ2n) is 3.59. The van der Waals surface area contributed by atoms with Crippen molar-refractivity contribution in [3.63, 3.8) is 0 Å². The lowest BCUT2D eigenvalue weighted by Crippen LogP contribution is -2.13. The molecule has 0 aliphatic carbocycles. The van der Waals surface area contributed by atoms with Gasteiger partial charge in [0.05, 0.1) is 11.3 Å². The van der Waals surface area contributed by atoms with Crippen molar-refractivity contribution >= 4 is 43.6 Å². The first kappa shape index (κ1) is 13.2. The molecule has 0 atom stereocenters. The molecule has 2 heterocycles. The first-order chi connectivity index (χ1) is 8.56. The first-order valence-corrected chi connectivity index (χ1v) is 6.71. The number of hydrogen-bond donors (Lipinski definition) is 1. The Hall–Kier alpha value is -1.27. The van der Waals surface area contributed by atoms with Gasteiger partial charge in [-0.2, -0.15) is 0 Å². The average Bonchev–Trinajstić information content (AvgIpc) is 2.34. The summed E-state index contributed by atoms with van der Waals surface area (Å²) in [6.45, 7) is 1.86. The Morgan fingerprint density at radius 1 is 1.22 bits per heavy atom. The van der Waals surface area contributed by atoms with Gasteiger partial charge in [0.25, 0.3) is 5.91 Å². The molecule has 4 nitrogen and oxygen atoms in total. The molecule has 0 aliphatic rings. The highest BCUT2D eigenvalue weighted by atomic mass is 79.9. The number of carbonyl (C=O) groups excluding carboxylic acids is 1. The van der Waals surface area contributed by atoms with E-state index in [2.05, 4.69) is 47.1 Å². The van der Waals surface area contributed by atoms with Crippen molar-refractivity contribution in [2.24, 2.45) is 0 Å². The zero-order valence-corrected chi connectivity index (χ0v) is 12.6. The lowest BCUT2D eigenvalue weighted by molar-refractivity contribution is 0.102. The fraction of sp³-hybridized carbons (Fsp3) is 0.0833. The summed E-state index contributed by atoms with van der Waals surface area (Å²) >= 11 is 6.58. The number of nitrogens with one attached hydrogen (secondary N) is 1. The Bertz CT molecular complexity index is 584. The minimum Gasteiger partial charge on any atom is -0.307 e. The molecule has 2 rings (SSSR count). The van der Waals surface area contributed by atoms with E-state index in [4.69, 9.17) is 0 Å². The van der Waals surface area contributed by atoms with Crippen LogP contribution < -0.4 is 5.32 Å². The quantitative estimate of drug-likeness (QED) is 0.822. The highest BCUT2D eigenvalue weighted by Crippen LogP contribution is 2.16. The summed E-state index contributed by atoms with van der Waals surface area (Å²) in [5.41, 5.74) is 1.31. The Labute approximate surface area is 121 Å². The summed E-state index contributed by atoms with van der Waals surface area (Å²) in [5, 5.41) is 2.72. The molecule has 92 valence electrons. The van der Waals surface area contributed by atoms with E-state index in [0.29, 0.717) is 16.0 Å². The molecule has 2 aromatic rings. The summed E-state index contributed by atoms with van der Waals surface area (Å²) in [4.78, 5) is 20.2. The fourth-order valence-electron chi connectivity index (χ4n) is 1.31. The van der Waals surface area contributed by atoms with Crippen LogP contribution in [0.4, 0.5) is 5.82 Å². The molecule has 0 saturated carbocycles. The van der Waals surface area contributed by atoms with Crippen LogP contribution in [0.15, 0.2) is 39.5 Å². The van der Waals surface area contributed by atoms with E-state index in [0.717, 1.165) is 10.2 Å². The second-order valence-corrected chi connectivity index (χ2v) is 5.25. The molecule has 1 amide bonds. The Kier molecular flexibility index (Phi) is 4.08. The van der Waals surface area contributed by atoms with Crippen molar-refractivity contribution in [1.29, 1.82) is 0 Å². The van der Waals surface area contributed by atoms with Gasteiger partial charge in [-0.15, -0.1) is 0 Å². The minimum atomic E-state index is -0.232. The van der Waals surface area contributed by atoms with Crippen molar-refractivity contribution in [1.82, 2.24) is 9.97 Å². The molecule has 0 unspecified atom stereocenters. The lowest BCUT2D eigenvalue weighted by atomic mass is 10.2. The Morgan fingerprint density at radius 3 is 2.61 bits per heavy atom. The maximum absolute atomic E-state index is 11.9. The number of aryl methyl sites for hydroxylation is 1. The molecule has 0 spiro atoms. The molecule has 2 aromatic heterocycles. The highest BCUT2D eigenvalue weighted by molar-refractivity contribution is 9.10. The smallest absolute Gasteiger partial charge is 0.258 e. The number of anilines is 1. The maximum Gasteiger partial charge on any atom is 0.258 e. The summed E-state index contributed by atoms with van der Waals surface area (Å²) in [6.07, 6.45) is 1.51. The molecule has 0 fully saturated rings. The number of hydrogen-bond acceptors (Lipinski definition) is 3. The van der Waals surface area contributed by atoms with Crippen LogP contribution in [0, 0.1) is 6.92 Å². The van der Waals surface area contributed by atoms with Crippen molar-refractivity contribution in [2.45, 2.75) is 6.92 Å². The van der Waals surface area contributed by atoms with Gasteiger partial charge in [0.1, 0.15) is 10.4 Å². The van der Waals surface area contributed by atoms with E-state index < -0.39 is 0 Å². The topological polar surface area (TPSA) is 54.9 Å². The number of carbonyl (C=O) groups is 1. The molecule has 6 heteroatoms. The van der Waals surface area contributed by atoms with Gasteiger partial charge >= 0.3 is 0 Å². The molecule has 18 heavy (non-hydrogen) atoms. The summed E-state index contributed by atoms with van der Waals surface area (Å²) in [5.74, 6) is 0.285. The highest BCUT2D eigenvalue weighted by Gasteiger charge is 2.07. The van der Waals surface area contributed by atoms with Crippen molar-refractivity contribution in [2.75, 3.05) is 5.32 Å². The molecule has 0 saturated heterocycles. The number of pyridine rings is 2. The van der Waals surface area contributed by atoms with E-state index in [-0.39, 0.29) is 5.91 Å². The minimum absolute atomic E-state index is 0.232. The molecule has 0 radical (unpaired) electrons. The van der Waals surface area contributed by atoms with Gasteiger partial charge in [0.15, 0.2) is 0 Å². The van der Waals surface area contributed by atoms with Crippen molar-refractivity contribution < 1.29 is 4.79 Å². The van der Waals surface area contributed by atoms with Gasteiger partial charge in [0.2, 0.25) is 0 Å². The largest absolute Gasteiger partial charge is 0.307 e. The predicted molar refractivity (Wildman–Crippen MR) is 76.6 cm³/mol. The van der Waals surface area contributed by atoms with Gasteiger partial charge in [-0.3, -0.25) is 4.79 Å². The molecule has 1 N–H and O–H groups in total. The van der Waals surface area contributed by atoms with Crippen LogP contribution in [0.1, 0.15) is 16.1 Å². The van der Waals surface area contributed by atoms with Crippen LogP contribution in [0.2, 0.25) is 0 Å². The van der Waals surface area contributed by atoms with E-state index in [1.54, 1.807) is 18.2 Å². The molecule has 0 aromatic carbocycles. The molecular formula is C12H9Br2N3O. The van der Waals surface area contributed by atoms with E-state index in [9.17, 15) is 4.79 Å². The van der Waals surface area contributed by atoms with Crippen LogP contribution >= 0.6 is 31.9 Å². The second kappa shape index (κ2) is 5.58. The van der Waals surface area contributed by atoms with Crippen LogP contribution in [0.25, 0.3) is 0 Å². The van der Waals surface area contributed by atoms with Crippen molar-refractivity contribution in [3.05, 3.63) is 50.8 Å². The number of nitrogens with zero attached hydrogens (tertiary/aromatic N) is 2. The first-order valence-electron chi connectivity index (χ1n) is 5.12. The van der Waals surface area contributed by atoms with Crippen LogP contribution in [0.5, 0.6) is 0 Å². The lowest BCUT2D eigenvalue weighted by Gasteiger charge is -2.06. The van der Waals surface area contributed by atoms with E-state index in [1.807, 2.05) is 13.0 Å². The number of halogens is 2. The molecule has 0 bridgehead atoms. The number of rotatable bonds is 2. The summed E-state index contributed by atoms with van der Waals surface area (Å²) in [6, 6.07) is 6.99. The molecular weight excluding hydrogens is 362 g/mol. The maximum atomic E-state index is 11.9. The predicted octanol–water partition coefficient (Wildman–Crippen LogP) is 3.56. The zero-order valence-electron chi connectivity index (χ0n) is 9.45. The van der Waals surface area contributed by atoms with Gasteiger partial charge < -0.3 is 5.32 Å². The SMILES string of the molecule is Cc1nc(NC(=O)c2ccc(Br)nc2)ccc1Br. The Morgan fingerprint density at radius 2 is 2.00 bits per heavy atom.